The topological polar surface area (TPSA) is 58.4 Å². The van der Waals surface area contributed by atoms with Crippen molar-refractivity contribution in [2.75, 3.05) is 30.1 Å². The van der Waals surface area contributed by atoms with E-state index in [1.807, 2.05) is 18.9 Å². The number of hydrogen-bond acceptors (Lipinski definition) is 4. The molecule has 0 aliphatic carbocycles. The molecule has 1 aromatic rings. The van der Waals surface area contributed by atoms with Crippen LogP contribution in [-0.4, -0.2) is 41.9 Å². The number of nitrogen functional groups attached to an aromatic ring is 1. The van der Waals surface area contributed by atoms with Crippen LogP contribution in [0.5, 0.6) is 0 Å². The monoisotopic (exact) mass is 313 g/mol. The number of hydrogen-bond donors (Lipinski definition) is 2. The number of benzene rings is 1. The molecule has 0 spiro atoms. The predicted octanol–water partition coefficient (Wildman–Crippen LogP) is 2.81. The molecule has 2 unspecified atom stereocenters. The Morgan fingerprint density at radius 2 is 2.14 bits per heavy atom. The van der Waals surface area contributed by atoms with Gasteiger partial charge in [-0.25, -0.2) is 4.39 Å². The molecule has 1 amide bonds. The highest BCUT2D eigenvalue weighted by atomic mass is 32.2. The summed E-state index contributed by atoms with van der Waals surface area (Å²) < 4.78 is 13.1. The summed E-state index contributed by atoms with van der Waals surface area (Å²) in [4.78, 5) is 14.3. The molecule has 0 heterocycles. The standard InChI is InChI=1S/C15H24FN3OS/c1-10(7-8-21-4)19(3)11(2)15(20)18-12-5-6-13(16)14(17)9-12/h5-6,9-11H,7-8,17H2,1-4H3,(H,18,20). The highest BCUT2D eigenvalue weighted by Crippen LogP contribution is 2.17. The second kappa shape index (κ2) is 8.24. The molecule has 118 valence electrons. The van der Waals surface area contributed by atoms with Crippen molar-refractivity contribution in [3.63, 3.8) is 0 Å². The predicted molar refractivity (Wildman–Crippen MR) is 89.1 cm³/mol. The summed E-state index contributed by atoms with van der Waals surface area (Å²) in [7, 11) is 1.94. The first-order valence-corrected chi connectivity index (χ1v) is 8.33. The van der Waals surface area contributed by atoms with Crippen molar-refractivity contribution in [3.05, 3.63) is 24.0 Å². The summed E-state index contributed by atoms with van der Waals surface area (Å²) in [6.45, 7) is 3.97. The molecule has 0 fully saturated rings. The number of anilines is 2. The first-order valence-electron chi connectivity index (χ1n) is 6.93. The zero-order valence-electron chi connectivity index (χ0n) is 13.0. The van der Waals surface area contributed by atoms with Crippen LogP contribution in [0, 0.1) is 5.82 Å². The van der Waals surface area contributed by atoms with Crippen LogP contribution in [0.25, 0.3) is 0 Å². The third kappa shape index (κ3) is 5.21. The lowest BCUT2D eigenvalue weighted by molar-refractivity contribution is -0.120. The average Bonchev–Trinajstić information content (AvgIpc) is 2.46. The minimum absolute atomic E-state index is 0.0298. The second-order valence-electron chi connectivity index (χ2n) is 5.20. The Kier molecular flexibility index (Phi) is 6.98. The van der Waals surface area contributed by atoms with Crippen molar-refractivity contribution >= 4 is 29.0 Å². The Morgan fingerprint density at radius 3 is 2.71 bits per heavy atom. The lowest BCUT2D eigenvalue weighted by atomic mass is 10.1. The van der Waals surface area contributed by atoms with Crippen molar-refractivity contribution in [2.45, 2.75) is 32.4 Å². The van der Waals surface area contributed by atoms with Gasteiger partial charge in [-0.05, 0) is 57.5 Å². The van der Waals surface area contributed by atoms with E-state index >= 15 is 0 Å². The van der Waals surface area contributed by atoms with Crippen LogP contribution < -0.4 is 11.1 Å². The quantitative estimate of drug-likeness (QED) is 0.760. The Morgan fingerprint density at radius 1 is 1.48 bits per heavy atom. The van der Waals surface area contributed by atoms with Gasteiger partial charge in [0.05, 0.1) is 11.7 Å². The molecule has 1 rings (SSSR count). The lowest BCUT2D eigenvalue weighted by Gasteiger charge is -2.29. The molecule has 0 aromatic heterocycles. The molecule has 0 aliphatic heterocycles. The van der Waals surface area contributed by atoms with E-state index in [4.69, 9.17) is 5.73 Å². The van der Waals surface area contributed by atoms with Gasteiger partial charge in [0.2, 0.25) is 5.91 Å². The van der Waals surface area contributed by atoms with E-state index in [-0.39, 0.29) is 17.6 Å². The molecule has 0 radical (unpaired) electrons. The van der Waals surface area contributed by atoms with Gasteiger partial charge in [0.25, 0.3) is 0 Å². The van der Waals surface area contributed by atoms with E-state index in [1.165, 1.54) is 18.2 Å². The van der Waals surface area contributed by atoms with Gasteiger partial charge in [-0.1, -0.05) is 0 Å². The minimum atomic E-state index is -0.483. The molecule has 0 saturated carbocycles. The van der Waals surface area contributed by atoms with Crippen molar-refractivity contribution in [1.29, 1.82) is 0 Å². The van der Waals surface area contributed by atoms with Crippen molar-refractivity contribution < 1.29 is 9.18 Å². The molecule has 21 heavy (non-hydrogen) atoms. The summed E-state index contributed by atoms with van der Waals surface area (Å²) in [5, 5.41) is 2.77. The molecule has 4 nitrogen and oxygen atoms in total. The van der Waals surface area contributed by atoms with Gasteiger partial charge >= 0.3 is 0 Å². The fourth-order valence-corrected chi connectivity index (χ4v) is 2.50. The van der Waals surface area contributed by atoms with Gasteiger partial charge in [-0.2, -0.15) is 11.8 Å². The summed E-state index contributed by atoms with van der Waals surface area (Å²) in [6.07, 6.45) is 3.10. The maximum atomic E-state index is 13.1. The number of nitrogens with two attached hydrogens (primary N) is 1. The van der Waals surface area contributed by atoms with Gasteiger partial charge in [-0.3, -0.25) is 9.69 Å². The highest BCUT2D eigenvalue weighted by molar-refractivity contribution is 7.98. The summed E-state index contributed by atoms with van der Waals surface area (Å²) in [6, 6.07) is 4.23. The Bertz CT molecular complexity index is 484. The molecular formula is C15H24FN3OS. The number of nitrogens with one attached hydrogen (secondary N) is 1. The normalized spacial score (nSPS) is 14.0. The van der Waals surface area contributed by atoms with E-state index in [0.717, 1.165) is 12.2 Å². The first-order chi connectivity index (χ1) is 9.86. The van der Waals surface area contributed by atoms with Crippen LogP contribution in [0.2, 0.25) is 0 Å². The number of carbonyl (C=O) groups is 1. The van der Waals surface area contributed by atoms with E-state index in [9.17, 15) is 9.18 Å². The Labute approximate surface area is 130 Å². The van der Waals surface area contributed by atoms with Gasteiger partial charge in [0, 0.05) is 11.7 Å². The van der Waals surface area contributed by atoms with E-state index in [1.54, 1.807) is 11.8 Å². The zero-order chi connectivity index (χ0) is 16.0. The van der Waals surface area contributed by atoms with Crippen LogP contribution in [-0.2, 0) is 4.79 Å². The molecule has 0 bridgehead atoms. The first kappa shape index (κ1) is 17.8. The van der Waals surface area contributed by atoms with E-state index in [0.29, 0.717) is 11.7 Å². The van der Waals surface area contributed by atoms with E-state index in [2.05, 4.69) is 18.5 Å². The van der Waals surface area contributed by atoms with Gasteiger partial charge in [0.1, 0.15) is 5.82 Å². The average molecular weight is 313 g/mol. The number of thioether (sulfide) groups is 1. The second-order valence-corrected chi connectivity index (χ2v) is 6.18. The smallest absolute Gasteiger partial charge is 0.241 e. The molecule has 0 aliphatic rings. The fourth-order valence-electron chi connectivity index (χ4n) is 1.93. The number of amides is 1. The number of carbonyl (C=O) groups excluding carboxylic acids is 1. The molecule has 2 atom stereocenters. The highest BCUT2D eigenvalue weighted by Gasteiger charge is 2.22. The third-order valence-electron chi connectivity index (χ3n) is 3.69. The van der Waals surface area contributed by atoms with Crippen molar-refractivity contribution in [1.82, 2.24) is 4.90 Å². The van der Waals surface area contributed by atoms with Crippen molar-refractivity contribution in [3.8, 4) is 0 Å². The minimum Gasteiger partial charge on any atom is -0.396 e. The summed E-state index contributed by atoms with van der Waals surface area (Å²) in [5.74, 6) is 0.456. The fraction of sp³-hybridized carbons (Fsp3) is 0.533. The van der Waals surface area contributed by atoms with Gasteiger partial charge < -0.3 is 11.1 Å². The van der Waals surface area contributed by atoms with Crippen LogP contribution in [0.4, 0.5) is 15.8 Å². The summed E-state index contributed by atoms with van der Waals surface area (Å²) in [5.41, 5.74) is 6.04. The number of halogens is 1. The molecular weight excluding hydrogens is 289 g/mol. The van der Waals surface area contributed by atoms with Gasteiger partial charge in [0.15, 0.2) is 0 Å². The van der Waals surface area contributed by atoms with Crippen LogP contribution in [0.1, 0.15) is 20.3 Å². The van der Waals surface area contributed by atoms with E-state index < -0.39 is 5.82 Å². The molecule has 6 heteroatoms. The van der Waals surface area contributed by atoms with Crippen LogP contribution in [0.15, 0.2) is 18.2 Å². The van der Waals surface area contributed by atoms with Crippen molar-refractivity contribution in [2.24, 2.45) is 0 Å². The number of rotatable bonds is 7. The SMILES string of the molecule is CSCCC(C)N(C)C(C)C(=O)Nc1ccc(F)c(N)c1. The zero-order valence-corrected chi connectivity index (χ0v) is 13.8. The van der Waals surface area contributed by atoms with Crippen LogP contribution in [0.3, 0.4) is 0 Å². The third-order valence-corrected chi connectivity index (χ3v) is 4.33. The molecule has 3 N–H and O–H groups in total. The molecule has 1 aromatic carbocycles. The van der Waals surface area contributed by atoms with Crippen LogP contribution >= 0.6 is 11.8 Å². The maximum absolute atomic E-state index is 13.1. The van der Waals surface area contributed by atoms with Gasteiger partial charge in [-0.15, -0.1) is 0 Å². The molecule has 0 saturated heterocycles. The largest absolute Gasteiger partial charge is 0.396 e. The maximum Gasteiger partial charge on any atom is 0.241 e. The Balaban J connectivity index is 2.63. The number of nitrogens with zero attached hydrogens (tertiary/aromatic N) is 1. The number of likely N-dealkylation sites (N-methyl/N-ethyl adjacent to an activating group) is 1. The summed E-state index contributed by atoms with van der Waals surface area (Å²) >= 11 is 1.80. The lowest BCUT2D eigenvalue weighted by Crippen LogP contribution is -2.44. The Hall–Kier alpha value is -1.27.